The smallest absolute Gasteiger partial charge is 0.321 e. The van der Waals surface area contributed by atoms with Crippen LogP contribution in [-0.2, 0) is 5.75 Å². The highest BCUT2D eigenvalue weighted by Gasteiger charge is 2.07. The molecule has 4 nitrogen and oxygen atoms in total. The molecule has 0 radical (unpaired) electrons. The highest BCUT2D eigenvalue weighted by atomic mass is 35.5. The summed E-state index contributed by atoms with van der Waals surface area (Å²) in [5.74, 6) is 1.88. The highest BCUT2D eigenvalue weighted by molar-refractivity contribution is 7.98. The van der Waals surface area contributed by atoms with Crippen molar-refractivity contribution in [3.63, 3.8) is 0 Å². The Morgan fingerprint density at radius 2 is 2.26 bits per heavy atom. The van der Waals surface area contributed by atoms with Crippen molar-refractivity contribution < 1.29 is 4.52 Å². The summed E-state index contributed by atoms with van der Waals surface area (Å²) in [6, 6.07) is 8.19. The lowest BCUT2D eigenvalue weighted by atomic mass is 10.2. The molecule has 0 spiro atoms. The number of aromatic nitrogens is 2. The monoisotopic (exact) mass is 297 g/mol. The molecule has 0 amide bonds. The average molecular weight is 298 g/mol. The Bertz CT molecular complexity index is 530. The van der Waals surface area contributed by atoms with Gasteiger partial charge in [0.05, 0.1) is 5.75 Å². The van der Waals surface area contributed by atoms with Crippen LogP contribution in [0, 0.1) is 5.92 Å². The second-order valence-electron chi connectivity index (χ2n) is 4.54. The molecule has 6 heteroatoms. The number of rotatable bonds is 6. The van der Waals surface area contributed by atoms with Crippen LogP contribution in [0.1, 0.15) is 19.7 Å². The van der Waals surface area contributed by atoms with Crippen LogP contribution in [0.5, 0.6) is 0 Å². The Morgan fingerprint density at radius 3 is 3.00 bits per heavy atom. The van der Waals surface area contributed by atoms with Crippen LogP contribution in [0.3, 0.4) is 0 Å². The molecule has 0 saturated heterocycles. The summed E-state index contributed by atoms with van der Waals surface area (Å²) in [7, 11) is 0. The van der Waals surface area contributed by atoms with Crippen LogP contribution in [-0.4, -0.2) is 16.7 Å². The quantitative estimate of drug-likeness (QED) is 0.814. The van der Waals surface area contributed by atoms with Gasteiger partial charge in [0.25, 0.3) is 0 Å². The lowest BCUT2D eigenvalue weighted by Crippen LogP contribution is -2.07. The summed E-state index contributed by atoms with van der Waals surface area (Å²) in [4.78, 5) is 5.37. The van der Waals surface area contributed by atoms with Crippen molar-refractivity contribution in [1.82, 2.24) is 10.1 Å². The number of hydrogen-bond donors (Lipinski definition) is 1. The standard InChI is InChI=1S/C13H16ClN3OS/c1-9(2)7-15-13-16-12(17-18-13)8-19-11-5-3-4-10(14)6-11/h3-6,9H,7-8H2,1-2H3,(H,15,16,17). The minimum Gasteiger partial charge on any atom is -0.337 e. The molecule has 0 atom stereocenters. The largest absolute Gasteiger partial charge is 0.337 e. The Balaban J connectivity index is 1.86. The average Bonchev–Trinajstić information content (AvgIpc) is 2.82. The van der Waals surface area contributed by atoms with E-state index in [1.807, 2.05) is 24.3 Å². The lowest BCUT2D eigenvalue weighted by Gasteiger charge is -2.02. The molecule has 19 heavy (non-hydrogen) atoms. The van der Waals surface area contributed by atoms with Gasteiger partial charge in [0.2, 0.25) is 0 Å². The van der Waals surface area contributed by atoms with Gasteiger partial charge in [-0.15, -0.1) is 11.8 Å². The number of thioether (sulfide) groups is 1. The van der Waals surface area contributed by atoms with Gasteiger partial charge < -0.3 is 9.84 Å². The second-order valence-corrected chi connectivity index (χ2v) is 6.02. The third kappa shape index (κ3) is 4.76. The SMILES string of the molecule is CC(C)CNc1nc(CSc2cccc(Cl)c2)no1. The van der Waals surface area contributed by atoms with Crippen molar-refractivity contribution in [2.45, 2.75) is 24.5 Å². The Hall–Kier alpha value is -1.20. The molecule has 2 aromatic rings. The number of benzene rings is 1. The van der Waals surface area contributed by atoms with Gasteiger partial charge in [-0.25, -0.2) is 0 Å². The van der Waals surface area contributed by atoms with Crippen LogP contribution in [0.4, 0.5) is 6.01 Å². The second kappa shape index (κ2) is 6.82. The molecule has 0 aliphatic carbocycles. The molecular formula is C13H16ClN3OS. The molecule has 0 fully saturated rings. The highest BCUT2D eigenvalue weighted by Crippen LogP contribution is 2.24. The fraction of sp³-hybridized carbons (Fsp3) is 0.385. The first-order valence-corrected chi connectivity index (χ1v) is 7.44. The van der Waals surface area contributed by atoms with E-state index in [4.69, 9.17) is 16.1 Å². The third-order valence-corrected chi connectivity index (χ3v) is 3.52. The maximum Gasteiger partial charge on any atom is 0.321 e. The number of anilines is 1. The summed E-state index contributed by atoms with van der Waals surface area (Å²) in [6.07, 6.45) is 0. The van der Waals surface area contributed by atoms with Crippen LogP contribution in [0.2, 0.25) is 5.02 Å². The number of nitrogens with one attached hydrogen (secondary N) is 1. The van der Waals surface area contributed by atoms with Gasteiger partial charge in [0.15, 0.2) is 5.82 Å². The predicted molar refractivity (Wildman–Crippen MR) is 78.6 cm³/mol. The first-order chi connectivity index (χ1) is 9.13. The van der Waals surface area contributed by atoms with Crippen molar-refractivity contribution in [1.29, 1.82) is 0 Å². The minimum absolute atomic E-state index is 0.482. The molecule has 0 aliphatic heterocycles. The van der Waals surface area contributed by atoms with Crippen LogP contribution >= 0.6 is 23.4 Å². The Labute approximate surface area is 121 Å². The summed E-state index contributed by atoms with van der Waals surface area (Å²) in [5.41, 5.74) is 0. The van der Waals surface area contributed by atoms with Crippen molar-refractivity contribution in [3.05, 3.63) is 35.1 Å². The number of hydrogen-bond acceptors (Lipinski definition) is 5. The molecule has 0 bridgehead atoms. The molecule has 1 aromatic carbocycles. The van der Waals surface area contributed by atoms with Gasteiger partial charge in [-0.05, 0) is 24.1 Å². The lowest BCUT2D eigenvalue weighted by molar-refractivity contribution is 0.423. The van der Waals surface area contributed by atoms with Crippen molar-refractivity contribution in [2.75, 3.05) is 11.9 Å². The van der Waals surface area contributed by atoms with E-state index in [2.05, 4.69) is 29.3 Å². The molecule has 0 saturated carbocycles. The third-order valence-electron chi connectivity index (χ3n) is 2.29. The van der Waals surface area contributed by atoms with Crippen molar-refractivity contribution in [3.8, 4) is 0 Å². The first kappa shape index (κ1) is 14.2. The topological polar surface area (TPSA) is 51.0 Å². The molecule has 1 aromatic heterocycles. The summed E-state index contributed by atoms with van der Waals surface area (Å²) in [6.45, 7) is 5.07. The molecule has 1 N–H and O–H groups in total. The van der Waals surface area contributed by atoms with Gasteiger partial charge >= 0.3 is 6.01 Å². The van der Waals surface area contributed by atoms with Gasteiger partial charge in [-0.2, -0.15) is 4.98 Å². The number of halogens is 1. The molecule has 2 rings (SSSR count). The minimum atomic E-state index is 0.482. The van der Waals surface area contributed by atoms with Crippen molar-refractivity contribution in [2.24, 2.45) is 5.92 Å². The molecule has 0 unspecified atom stereocenters. The van der Waals surface area contributed by atoms with Gasteiger partial charge in [-0.1, -0.05) is 36.7 Å². The first-order valence-electron chi connectivity index (χ1n) is 6.08. The maximum atomic E-state index is 5.93. The fourth-order valence-electron chi connectivity index (χ4n) is 1.38. The maximum absolute atomic E-state index is 5.93. The van der Waals surface area contributed by atoms with Gasteiger partial charge in [0.1, 0.15) is 0 Å². The van der Waals surface area contributed by atoms with E-state index >= 15 is 0 Å². The normalized spacial score (nSPS) is 10.9. The van der Waals surface area contributed by atoms with Gasteiger partial charge in [-0.3, -0.25) is 0 Å². The number of nitrogens with zero attached hydrogens (tertiary/aromatic N) is 2. The zero-order valence-electron chi connectivity index (χ0n) is 10.9. The van der Waals surface area contributed by atoms with E-state index in [-0.39, 0.29) is 0 Å². The van der Waals surface area contributed by atoms with E-state index in [1.54, 1.807) is 11.8 Å². The molecule has 1 heterocycles. The van der Waals surface area contributed by atoms with Gasteiger partial charge in [0, 0.05) is 16.5 Å². The summed E-state index contributed by atoms with van der Waals surface area (Å²) < 4.78 is 5.12. The summed E-state index contributed by atoms with van der Waals surface area (Å²) >= 11 is 7.56. The summed E-state index contributed by atoms with van der Waals surface area (Å²) in [5, 5.41) is 7.76. The van der Waals surface area contributed by atoms with E-state index in [0.29, 0.717) is 23.5 Å². The van der Waals surface area contributed by atoms with E-state index in [0.717, 1.165) is 16.5 Å². The van der Waals surface area contributed by atoms with E-state index in [1.165, 1.54) is 0 Å². The van der Waals surface area contributed by atoms with Crippen LogP contribution in [0.25, 0.3) is 0 Å². The van der Waals surface area contributed by atoms with E-state index < -0.39 is 0 Å². The fourth-order valence-corrected chi connectivity index (χ4v) is 2.43. The molecular weight excluding hydrogens is 282 g/mol. The van der Waals surface area contributed by atoms with Crippen molar-refractivity contribution >= 4 is 29.4 Å². The molecule has 102 valence electrons. The van der Waals surface area contributed by atoms with Crippen LogP contribution < -0.4 is 5.32 Å². The zero-order chi connectivity index (χ0) is 13.7. The molecule has 0 aliphatic rings. The van der Waals surface area contributed by atoms with Crippen LogP contribution in [0.15, 0.2) is 33.7 Å². The van der Waals surface area contributed by atoms with E-state index in [9.17, 15) is 0 Å². The Kier molecular flexibility index (Phi) is 5.10. The zero-order valence-corrected chi connectivity index (χ0v) is 12.5. The Morgan fingerprint density at radius 1 is 1.42 bits per heavy atom. The predicted octanol–water partition coefficient (Wildman–Crippen LogP) is 4.08.